The highest BCUT2D eigenvalue weighted by atomic mass is 32.2. The molecule has 2 aromatic rings. The Morgan fingerprint density at radius 3 is 2.81 bits per heavy atom. The molecule has 7 heteroatoms. The first kappa shape index (κ1) is 15.7. The van der Waals surface area contributed by atoms with Gasteiger partial charge in [-0.05, 0) is 19.1 Å². The van der Waals surface area contributed by atoms with Crippen molar-refractivity contribution in [1.82, 2.24) is 9.97 Å². The van der Waals surface area contributed by atoms with Crippen LogP contribution < -0.4 is 5.32 Å². The second-order valence-electron chi connectivity index (χ2n) is 4.91. The lowest BCUT2D eigenvalue weighted by Gasteiger charge is -2.09. The molecule has 0 saturated carbocycles. The fraction of sp³-hybridized carbons (Fsp3) is 0.429. The second kappa shape index (κ2) is 6.82. The number of aromatic nitrogens is 2. The van der Waals surface area contributed by atoms with E-state index < -0.39 is 9.84 Å². The van der Waals surface area contributed by atoms with Crippen LogP contribution in [0.2, 0.25) is 0 Å². The molecular weight excluding hydrogens is 290 g/mol. The molecule has 0 atom stereocenters. The van der Waals surface area contributed by atoms with Gasteiger partial charge < -0.3 is 10.1 Å². The van der Waals surface area contributed by atoms with Crippen LogP contribution in [0.4, 0.5) is 5.82 Å². The Kier molecular flexibility index (Phi) is 5.08. The van der Waals surface area contributed by atoms with Crippen molar-refractivity contribution in [1.29, 1.82) is 0 Å². The first-order valence-electron chi connectivity index (χ1n) is 6.66. The van der Waals surface area contributed by atoms with Gasteiger partial charge in [-0.3, -0.25) is 0 Å². The van der Waals surface area contributed by atoms with Crippen molar-refractivity contribution in [2.75, 3.05) is 37.1 Å². The monoisotopic (exact) mass is 309 g/mol. The summed E-state index contributed by atoms with van der Waals surface area (Å²) in [6.45, 7) is 3.21. The molecule has 0 spiro atoms. The van der Waals surface area contributed by atoms with Gasteiger partial charge in [0.1, 0.15) is 22.0 Å². The van der Waals surface area contributed by atoms with E-state index in [9.17, 15) is 8.42 Å². The van der Waals surface area contributed by atoms with E-state index in [1.54, 1.807) is 0 Å². The fourth-order valence-electron chi connectivity index (χ4n) is 1.87. The third kappa shape index (κ3) is 4.95. The van der Waals surface area contributed by atoms with E-state index in [4.69, 9.17) is 4.74 Å². The standard InChI is InChI=1S/C14H19N3O3S/c1-11-3-4-13-12(9-11)14(17-10-16-13)15-5-6-20-7-8-21(2,18)19/h3-4,9-10H,5-8H2,1-2H3,(H,15,16,17). The molecule has 1 aromatic heterocycles. The van der Waals surface area contributed by atoms with Crippen molar-refractivity contribution in [3.05, 3.63) is 30.1 Å². The topological polar surface area (TPSA) is 81.2 Å². The molecular formula is C14H19N3O3S. The summed E-state index contributed by atoms with van der Waals surface area (Å²) in [5, 5.41) is 4.15. The predicted octanol–water partition coefficient (Wildman–Crippen LogP) is 1.41. The highest BCUT2D eigenvalue weighted by molar-refractivity contribution is 7.90. The van der Waals surface area contributed by atoms with Crippen LogP contribution >= 0.6 is 0 Å². The van der Waals surface area contributed by atoms with Crippen molar-refractivity contribution in [2.45, 2.75) is 6.92 Å². The molecule has 21 heavy (non-hydrogen) atoms. The van der Waals surface area contributed by atoms with Gasteiger partial charge in [0, 0.05) is 18.2 Å². The first-order chi connectivity index (χ1) is 9.96. The molecule has 0 saturated heterocycles. The van der Waals surface area contributed by atoms with Crippen LogP contribution in [-0.2, 0) is 14.6 Å². The number of ether oxygens (including phenoxy) is 1. The van der Waals surface area contributed by atoms with Gasteiger partial charge in [-0.15, -0.1) is 0 Å². The Bertz CT molecular complexity index is 716. The molecule has 1 heterocycles. The second-order valence-corrected chi connectivity index (χ2v) is 7.17. The third-order valence-corrected chi connectivity index (χ3v) is 3.84. The Balaban J connectivity index is 1.88. The minimum Gasteiger partial charge on any atom is -0.379 e. The molecule has 6 nitrogen and oxygen atoms in total. The highest BCUT2D eigenvalue weighted by Crippen LogP contribution is 2.19. The van der Waals surface area contributed by atoms with E-state index in [1.807, 2.05) is 25.1 Å². The number of nitrogens with zero attached hydrogens (tertiary/aromatic N) is 2. The number of hydrogen-bond donors (Lipinski definition) is 1. The lowest BCUT2D eigenvalue weighted by atomic mass is 10.1. The van der Waals surface area contributed by atoms with Gasteiger partial charge >= 0.3 is 0 Å². The van der Waals surface area contributed by atoms with Crippen molar-refractivity contribution < 1.29 is 13.2 Å². The normalized spacial score (nSPS) is 11.7. The van der Waals surface area contributed by atoms with E-state index in [0.29, 0.717) is 13.2 Å². The molecule has 2 rings (SSSR count). The van der Waals surface area contributed by atoms with Gasteiger partial charge in [-0.2, -0.15) is 0 Å². The summed E-state index contributed by atoms with van der Waals surface area (Å²) in [4.78, 5) is 8.45. The van der Waals surface area contributed by atoms with Crippen LogP contribution in [0.25, 0.3) is 10.9 Å². The molecule has 0 aliphatic carbocycles. The van der Waals surface area contributed by atoms with Gasteiger partial charge in [0.05, 0.1) is 24.5 Å². The van der Waals surface area contributed by atoms with Crippen LogP contribution in [0.3, 0.4) is 0 Å². The first-order valence-corrected chi connectivity index (χ1v) is 8.72. The summed E-state index contributed by atoms with van der Waals surface area (Å²) in [5.74, 6) is 0.804. The van der Waals surface area contributed by atoms with Crippen LogP contribution in [0.5, 0.6) is 0 Å². The highest BCUT2D eigenvalue weighted by Gasteiger charge is 2.04. The van der Waals surface area contributed by atoms with E-state index >= 15 is 0 Å². The quantitative estimate of drug-likeness (QED) is 0.779. The van der Waals surface area contributed by atoms with Crippen LogP contribution in [-0.4, -0.2) is 50.2 Å². The maximum absolute atomic E-state index is 11.0. The number of benzene rings is 1. The number of sulfone groups is 1. The van der Waals surface area contributed by atoms with Crippen LogP contribution in [0.1, 0.15) is 5.56 Å². The molecule has 0 aliphatic rings. The lowest BCUT2D eigenvalue weighted by Crippen LogP contribution is -2.15. The molecule has 1 aromatic carbocycles. The predicted molar refractivity (Wildman–Crippen MR) is 83.3 cm³/mol. The fourth-order valence-corrected chi connectivity index (χ4v) is 2.29. The summed E-state index contributed by atoms with van der Waals surface area (Å²) >= 11 is 0. The van der Waals surface area contributed by atoms with E-state index in [1.165, 1.54) is 12.6 Å². The summed E-state index contributed by atoms with van der Waals surface area (Å²) in [7, 11) is -2.96. The van der Waals surface area contributed by atoms with Crippen LogP contribution in [0.15, 0.2) is 24.5 Å². The third-order valence-electron chi connectivity index (χ3n) is 2.93. The molecule has 0 radical (unpaired) electrons. The number of aryl methyl sites for hydroxylation is 1. The summed E-state index contributed by atoms with van der Waals surface area (Å²) in [6, 6.07) is 6.00. The van der Waals surface area contributed by atoms with E-state index in [2.05, 4.69) is 15.3 Å². The average molecular weight is 309 g/mol. The molecule has 0 unspecified atom stereocenters. The van der Waals surface area contributed by atoms with Gasteiger partial charge in [0.2, 0.25) is 0 Å². The molecule has 0 fully saturated rings. The van der Waals surface area contributed by atoms with E-state index in [0.717, 1.165) is 22.3 Å². The zero-order chi connectivity index (χ0) is 15.3. The summed E-state index contributed by atoms with van der Waals surface area (Å²) < 4.78 is 27.2. The molecule has 114 valence electrons. The Morgan fingerprint density at radius 2 is 2.05 bits per heavy atom. The Hall–Kier alpha value is -1.73. The van der Waals surface area contributed by atoms with Gasteiger partial charge in [0.25, 0.3) is 0 Å². The number of hydrogen-bond acceptors (Lipinski definition) is 6. The minimum absolute atomic E-state index is 0.0443. The summed E-state index contributed by atoms with van der Waals surface area (Å²) in [5.41, 5.74) is 2.03. The van der Waals surface area contributed by atoms with Gasteiger partial charge in [0.15, 0.2) is 0 Å². The zero-order valence-electron chi connectivity index (χ0n) is 12.2. The van der Waals surface area contributed by atoms with Crippen LogP contribution in [0, 0.1) is 6.92 Å². The minimum atomic E-state index is -2.96. The number of anilines is 1. The number of fused-ring (bicyclic) bond motifs is 1. The smallest absolute Gasteiger partial charge is 0.149 e. The lowest BCUT2D eigenvalue weighted by molar-refractivity contribution is 0.159. The summed E-state index contributed by atoms with van der Waals surface area (Å²) in [6.07, 6.45) is 2.72. The zero-order valence-corrected chi connectivity index (χ0v) is 13.0. The molecule has 0 bridgehead atoms. The van der Waals surface area contributed by atoms with Crippen molar-refractivity contribution in [3.63, 3.8) is 0 Å². The maximum atomic E-state index is 11.0. The van der Waals surface area contributed by atoms with Crippen molar-refractivity contribution >= 4 is 26.6 Å². The average Bonchev–Trinajstić information content (AvgIpc) is 2.41. The van der Waals surface area contributed by atoms with Crippen molar-refractivity contribution in [3.8, 4) is 0 Å². The Morgan fingerprint density at radius 1 is 1.24 bits per heavy atom. The van der Waals surface area contributed by atoms with E-state index in [-0.39, 0.29) is 12.4 Å². The molecule has 0 amide bonds. The largest absolute Gasteiger partial charge is 0.379 e. The SMILES string of the molecule is Cc1ccc2ncnc(NCCOCCS(C)(=O)=O)c2c1. The maximum Gasteiger partial charge on any atom is 0.149 e. The van der Waals surface area contributed by atoms with Gasteiger partial charge in [-0.1, -0.05) is 11.6 Å². The number of rotatable bonds is 7. The number of nitrogens with one attached hydrogen (secondary N) is 1. The molecule has 0 aliphatic heterocycles. The molecule has 1 N–H and O–H groups in total. The van der Waals surface area contributed by atoms with Gasteiger partial charge in [-0.25, -0.2) is 18.4 Å². The van der Waals surface area contributed by atoms with Crippen molar-refractivity contribution in [2.24, 2.45) is 0 Å². The Labute approximate surface area is 124 Å².